The standard InChI is InChI=1S/C15H21NO2/c1-3-15(4-2)9-10-16(11-15)14(18)12-7-5-6-8-13(12)17/h5-8,17H,3-4,9-11H2,1-2H3. The number of hydrogen-bond donors (Lipinski definition) is 1. The summed E-state index contributed by atoms with van der Waals surface area (Å²) >= 11 is 0. The Hall–Kier alpha value is -1.51. The van der Waals surface area contributed by atoms with E-state index in [-0.39, 0.29) is 17.1 Å². The van der Waals surface area contributed by atoms with Crippen LogP contribution < -0.4 is 0 Å². The first kappa shape index (κ1) is 12.9. The van der Waals surface area contributed by atoms with Crippen LogP contribution in [0.15, 0.2) is 24.3 Å². The molecular formula is C15H21NO2. The number of carbonyl (C=O) groups is 1. The maximum Gasteiger partial charge on any atom is 0.257 e. The van der Waals surface area contributed by atoms with Crippen LogP contribution in [0, 0.1) is 5.41 Å². The minimum absolute atomic E-state index is 0.0446. The van der Waals surface area contributed by atoms with Crippen molar-refractivity contribution in [3.05, 3.63) is 29.8 Å². The highest BCUT2D eigenvalue weighted by Gasteiger charge is 2.37. The monoisotopic (exact) mass is 247 g/mol. The Morgan fingerprint density at radius 2 is 2.00 bits per heavy atom. The Morgan fingerprint density at radius 1 is 1.33 bits per heavy atom. The molecule has 98 valence electrons. The molecule has 0 aromatic heterocycles. The van der Waals surface area contributed by atoms with Crippen LogP contribution in [0.5, 0.6) is 5.75 Å². The third-order valence-corrected chi connectivity index (χ3v) is 4.36. The highest BCUT2D eigenvalue weighted by atomic mass is 16.3. The molecule has 3 heteroatoms. The summed E-state index contributed by atoms with van der Waals surface area (Å²) in [6, 6.07) is 6.78. The molecule has 0 atom stereocenters. The van der Waals surface area contributed by atoms with Gasteiger partial charge in [-0.1, -0.05) is 26.0 Å². The van der Waals surface area contributed by atoms with Gasteiger partial charge >= 0.3 is 0 Å². The predicted molar refractivity (Wildman–Crippen MR) is 71.6 cm³/mol. The lowest BCUT2D eigenvalue weighted by atomic mass is 9.82. The van der Waals surface area contributed by atoms with Crippen LogP contribution in [-0.4, -0.2) is 29.0 Å². The number of hydrogen-bond acceptors (Lipinski definition) is 2. The number of benzene rings is 1. The second-order valence-corrected chi connectivity index (χ2v) is 5.20. The highest BCUT2D eigenvalue weighted by Crippen LogP contribution is 2.37. The van der Waals surface area contributed by atoms with E-state index < -0.39 is 0 Å². The average Bonchev–Trinajstić information content (AvgIpc) is 2.84. The molecule has 1 aliphatic heterocycles. The fourth-order valence-electron chi connectivity index (χ4n) is 2.76. The van der Waals surface area contributed by atoms with Gasteiger partial charge in [-0.15, -0.1) is 0 Å². The van der Waals surface area contributed by atoms with E-state index in [4.69, 9.17) is 0 Å². The average molecular weight is 247 g/mol. The highest BCUT2D eigenvalue weighted by molar-refractivity contribution is 5.97. The normalized spacial score (nSPS) is 18.0. The van der Waals surface area contributed by atoms with Crippen molar-refractivity contribution in [3.8, 4) is 5.75 Å². The van der Waals surface area contributed by atoms with E-state index in [0.29, 0.717) is 5.56 Å². The summed E-state index contributed by atoms with van der Waals surface area (Å²) in [5.41, 5.74) is 0.695. The van der Waals surface area contributed by atoms with Crippen LogP contribution in [0.1, 0.15) is 43.5 Å². The van der Waals surface area contributed by atoms with Crippen molar-refractivity contribution in [2.45, 2.75) is 33.1 Å². The molecule has 1 aliphatic rings. The topological polar surface area (TPSA) is 40.5 Å². The van der Waals surface area contributed by atoms with Crippen molar-refractivity contribution in [1.29, 1.82) is 0 Å². The van der Waals surface area contributed by atoms with Gasteiger partial charge < -0.3 is 10.0 Å². The number of amides is 1. The molecule has 18 heavy (non-hydrogen) atoms. The fourth-order valence-corrected chi connectivity index (χ4v) is 2.76. The zero-order valence-corrected chi connectivity index (χ0v) is 11.1. The first-order valence-electron chi connectivity index (χ1n) is 6.69. The van der Waals surface area contributed by atoms with E-state index in [1.54, 1.807) is 24.3 Å². The summed E-state index contributed by atoms with van der Waals surface area (Å²) in [7, 11) is 0. The minimum atomic E-state index is -0.0446. The van der Waals surface area contributed by atoms with Gasteiger partial charge in [-0.3, -0.25) is 4.79 Å². The van der Waals surface area contributed by atoms with Crippen molar-refractivity contribution in [2.24, 2.45) is 5.41 Å². The predicted octanol–water partition coefficient (Wildman–Crippen LogP) is 3.04. The van der Waals surface area contributed by atoms with Gasteiger partial charge in [0.1, 0.15) is 5.75 Å². The largest absolute Gasteiger partial charge is 0.507 e. The summed E-state index contributed by atoms with van der Waals surface area (Å²) < 4.78 is 0. The smallest absolute Gasteiger partial charge is 0.257 e. The Bertz CT molecular complexity index is 438. The van der Waals surface area contributed by atoms with Gasteiger partial charge in [0.2, 0.25) is 0 Å². The molecule has 0 radical (unpaired) electrons. The Kier molecular flexibility index (Phi) is 3.60. The molecule has 1 N–H and O–H groups in total. The summed E-state index contributed by atoms with van der Waals surface area (Å²) in [5.74, 6) is 0.0323. The Balaban J connectivity index is 2.15. The van der Waals surface area contributed by atoms with Gasteiger partial charge in [0.15, 0.2) is 0 Å². The number of phenolic OH excluding ortho intramolecular Hbond substituents is 1. The fraction of sp³-hybridized carbons (Fsp3) is 0.533. The number of aromatic hydroxyl groups is 1. The summed E-state index contributed by atoms with van der Waals surface area (Å²) in [4.78, 5) is 14.2. The zero-order chi connectivity index (χ0) is 13.2. The van der Waals surface area contributed by atoms with E-state index in [1.165, 1.54) is 0 Å². The van der Waals surface area contributed by atoms with Crippen molar-refractivity contribution in [2.75, 3.05) is 13.1 Å². The number of phenols is 1. The molecule has 1 fully saturated rings. The molecule has 0 aliphatic carbocycles. The minimum Gasteiger partial charge on any atom is -0.507 e. The number of likely N-dealkylation sites (tertiary alicyclic amines) is 1. The lowest BCUT2D eigenvalue weighted by molar-refractivity contribution is 0.0767. The molecule has 1 aromatic rings. The van der Waals surface area contributed by atoms with Gasteiger partial charge in [0.05, 0.1) is 5.56 Å². The van der Waals surface area contributed by atoms with E-state index in [2.05, 4.69) is 13.8 Å². The molecule has 0 bridgehead atoms. The number of para-hydroxylation sites is 1. The van der Waals surface area contributed by atoms with Crippen LogP contribution in [0.4, 0.5) is 0 Å². The van der Waals surface area contributed by atoms with E-state index in [0.717, 1.165) is 32.4 Å². The van der Waals surface area contributed by atoms with Crippen LogP contribution in [0.25, 0.3) is 0 Å². The lowest BCUT2D eigenvalue weighted by Gasteiger charge is -2.26. The molecule has 2 rings (SSSR count). The molecule has 0 unspecified atom stereocenters. The molecule has 3 nitrogen and oxygen atoms in total. The zero-order valence-electron chi connectivity index (χ0n) is 11.1. The SMILES string of the molecule is CCC1(CC)CCN(C(=O)c2ccccc2O)C1. The van der Waals surface area contributed by atoms with Gasteiger partial charge in [-0.25, -0.2) is 0 Å². The first-order chi connectivity index (χ1) is 8.62. The van der Waals surface area contributed by atoms with Gasteiger partial charge in [0, 0.05) is 13.1 Å². The van der Waals surface area contributed by atoms with Crippen molar-refractivity contribution < 1.29 is 9.90 Å². The van der Waals surface area contributed by atoms with Gasteiger partial charge in [0.25, 0.3) is 5.91 Å². The Morgan fingerprint density at radius 3 is 2.56 bits per heavy atom. The number of rotatable bonds is 3. The first-order valence-corrected chi connectivity index (χ1v) is 6.69. The third kappa shape index (κ3) is 2.22. The lowest BCUT2D eigenvalue weighted by Crippen LogP contribution is -2.31. The van der Waals surface area contributed by atoms with Crippen LogP contribution in [0.2, 0.25) is 0 Å². The molecule has 1 saturated heterocycles. The van der Waals surface area contributed by atoms with E-state index >= 15 is 0 Å². The molecule has 0 spiro atoms. The van der Waals surface area contributed by atoms with Gasteiger partial charge in [-0.05, 0) is 36.8 Å². The van der Waals surface area contributed by atoms with Crippen LogP contribution >= 0.6 is 0 Å². The van der Waals surface area contributed by atoms with Crippen LogP contribution in [0.3, 0.4) is 0 Å². The second-order valence-electron chi connectivity index (χ2n) is 5.20. The number of nitrogens with zero attached hydrogens (tertiary/aromatic N) is 1. The molecule has 1 amide bonds. The molecule has 1 heterocycles. The van der Waals surface area contributed by atoms with Crippen molar-refractivity contribution >= 4 is 5.91 Å². The number of carbonyl (C=O) groups excluding carboxylic acids is 1. The molecular weight excluding hydrogens is 226 g/mol. The molecule has 1 aromatic carbocycles. The maximum atomic E-state index is 12.4. The summed E-state index contributed by atoms with van der Waals surface area (Å²) in [6.45, 7) is 6.00. The van der Waals surface area contributed by atoms with E-state index in [9.17, 15) is 9.90 Å². The quantitative estimate of drug-likeness (QED) is 0.891. The second kappa shape index (κ2) is 5.01. The van der Waals surface area contributed by atoms with E-state index in [1.807, 2.05) is 4.90 Å². The maximum absolute atomic E-state index is 12.4. The van der Waals surface area contributed by atoms with Crippen LogP contribution in [-0.2, 0) is 0 Å². The summed E-state index contributed by atoms with van der Waals surface area (Å²) in [6.07, 6.45) is 3.28. The van der Waals surface area contributed by atoms with Crippen molar-refractivity contribution in [1.82, 2.24) is 4.90 Å². The molecule has 0 saturated carbocycles. The Labute approximate surface area is 108 Å². The third-order valence-electron chi connectivity index (χ3n) is 4.36. The van der Waals surface area contributed by atoms with Crippen molar-refractivity contribution in [3.63, 3.8) is 0 Å². The summed E-state index contributed by atoms with van der Waals surface area (Å²) in [5, 5.41) is 9.74. The van der Waals surface area contributed by atoms with Gasteiger partial charge in [-0.2, -0.15) is 0 Å².